The number of carbonyl (C=O) groups is 1. The number of nitrogens with one attached hydrogen (secondary N) is 1. The third-order valence-corrected chi connectivity index (χ3v) is 10.7. The van der Waals surface area contributed by atoms with E-state index in [1.54, 1.807) is 48.5 Å². The van der Waals surface area contributed by atoms with E-state index in [1.165, 1.54) is 94.6 Å². The van der Waals surface area contributed by atoms with Crippen LogP contribution in [0.4, 0.5) is 5.69 Å². The van der Waals surface area contributed by atoms with Crippen LogP contribution in [0, 0.1) is 0 Å². The van der Waals surface area contributed by atoms with Crippen LogP contribution < -0.4 is 15.6 Å². The van der Waals surface area contributed by atoms with Crippen LogP contribution in [0.5, 0.6) is 5.75 Å². The molecule has 0 aliphatic carbocycles. The number of alkyl halides is 1. The number of carbonyl (C=O) groups excluding carboxylic acids is 1. The summed E-state index contributed by atoms with van der Waals surface area (Å²) in [6.45, 7) is 2.60. The molecule has 1 heterocycles. The number of nitrogens with zero attached hydrogens (tertiary/aromatic N) is 3. The van der Waals surface area contributed by atoms with Gasteiger partial charge in [-0.25, -0.2) is 17.7 Å². The second-order valence-electron chi connectivity index (χ2n) is 12.5. The van der Waals surface area contributed by atoms with Crippen molar-refractivity contribution in [1.82, 2.24) is 13.9 Å². The van der Waals surface area contributed by atoms with Gasteiger partial charge in [-0.2, -0.15) is 0 Å². The maximum absolute atomic E-state index is 13.7. The van der Waals surface area contributed by atoms with Gasteiger partial charge in [-0.3, -0.25) is 14.2 Å². The number of para-hydroxylation sites is 2. The van der Waals surface area contributed by atoms with E-state index >= 15 is 0 Å². The van der Waals surface area contributed by atoms with Gasteiger partial charge < -0.3 is 10.1 Å². The van der Waals surface area contributed by atoms with Gasteiger partial charge in [-0.1, -0.05) is 108 Å². The van der Waals surface area contributed by atoms with Crippen LogP contribution >= 0.6 is 11.6 Å². The number of halogens is 1. The summed E-state index contributed by atoms with van der Waals surface area (Å²) in [4.78, 5) is 32.0. The fourth-order valence-electron chi connectivity index (χ4n) is 5.68. The van der Waals surface area contributed by atoms with Crippen LogP contribution in [0.3, 0.4) is 0 Å². The summed E-state index contributed by atoms with van der Waals surface area (Å²) in [6, 6.07) is 20.1. The van der Waals surface area contributed by atoms with Crippen LogP contribution in [0.15, 0.2) is 82.5 Å². The Hall–Kier alpha value is -3.73. The van der Waals surface area contributed by atoms with Gasteiger partial charge >= 0.3 is 0 Å². The van der Waals surface area contributed by atoms with Crippen LogP contribution in [0.1, 0.15) is 95.2 Å². The number of unbranched alkanes of at least 4 members (excludes halogenated alkanes) is 11. The fraction of sp³-hybridized carbons (Fsp3) is 0.447. The fourth-order valence-corrected chi connectivity index (χ4v) is 6.80. The Bertz CT molecular complexity index is 1830. The van der Waals surface area contributed by atoms with Crippen LogP contribution in [-0.4, -0.2) is 48.9 Å². The van der Waals surface area contributed by atoms with Crippen molar-refractivity contribution in [2.75, 3.05) is 26.0 Å². The van der Waals surface area contributed by atoms with E-state index in [2.05, 4.69) is 17.2 Å². The summed E-state index contributed by atoms with van der Waals surface area (Å²) in [6.07, 6.45) is 14.5. The lowest BCUT2D eigenvalue weighted by atomic mass is 10.1. The summed E-state index contributed by atoms with van der Waals surface area (Å²) in [7, 11) is -0.842. The largest absolute Gasteiger partial charge is 0.491 e. The molecule has 0 saturated heterocycles. The average molecular weight is 709 g/mol. The van der Waals surface area contributed by atoms with Gasteiger partial charge in [-0.05, 0) is 42.8 Å². The number of sulfonamides is 1. The van der Waals surface area contributed by atoms with Gasteiger partial charge in [0.25, 0.3) is 5.56 Å². The van der Waals surface area contributed by atoms with Gasteiger partial charge in [-0.15, -0.1) is 11.6 Å². The number of aromatic nitrogens is 2. The van der Waals surface area contributed by atoms with Crippen molar-refractivity contribution in [3.8, 4) is 11.4 Å². The normalized spacial score (nSPS) is 12.3. The zero-order valence-electron chi connectivity index (χ0n) is 28.9. The van der Waals surface area contributed by atoms with Gasteiger partial charge in [0.05, 0.1) is 33.8 Å². The first kappa shape index (κ1) is 38.1. The first-order valence-electron chi connectivity index (χ1n) is 17.4. The summed E-state index contributed by atoms with van der Waals surface area (Å²) < 4.78 is 34.4. The first-order chi connectivity index (χ1) is 23.6. The minimum atomic E-state index is -3.76. The number of amides is 1. The van der Waals surface area contributed by atoms with Crippen molar-refractivity contribution in [2.24, 2.45) is 0 Å². The molecule has 264 valence electrons. The van der Waals surface area contributed by atoms with Crippen LogP contribution in [0.2, 0.25) is 0 Å². The van der Waals surface area contributed by atoms with E-state index in [9.17, 15) is 18.0 Å². The van der Waals surface area contributed by atoms with Gasteiger partial charge in [0.1, 0.15) is 11.6 Å². The van der Waals surface area contributed by atoms with Crippen molar-refractivity contribution in [3.63, 3.8) is 0 Å². The average Bonchev–Trinajstić information content (AvgIpc) is 3.10. The van der Waals surface area contributed by atoms with Crippen molar-refractivity contribution >= 4 is 44.1 Å². The Morgan fingerprint density at radius 1 is 0.857 bits per heavy atom. The Labute approximate surface area is 295 Å². The van der Waals surface area contributed by atoms with Gasteiger partial charge in [0, 0.05) is 20.2 Å². The molecule has 1 atom stereocenters. The SMILES string of the molecule is CCCCCCCCCCCCCCOc1cc(S(=O)(=O)N(C)C)ccc1NC(=O)C(Cl)c1nc2ccccc2c(=O)n1-c1ccccc1. The molecular formula is C38H49ClN4O5S. The van der Waals surface area contributed by atoms with Crippen molar-refractivity contribution in [3.05, 3.63) is 89.0 Å². The lowest BCUT2D eigenvalue weighted by molar-refractivity contribution is -0.116. The Balaban J connectivity index is 1.46. The molecular weight excluding hydrogens is 660 g/mol. The molecule has 0 aliphatic rings. The zero-order chi connectivity index (χ0) is 35.2. The molecule has 9 nitrogen and oxygen atoms in total. The predicted molar refractivity (Wildman–Crippen MR) is 198 cm³/mol. The molecule has 0 spiro atoms. The first-order valence-corrected chi connectivity index (χ1v) is 19.2. The molecule has 4 aromatic rings. The molecule has 3 aromatic carbocycles. The van der Waals surface area contributed by atoms with Crippen molar-refractivity contribution < 1.29 is 17.9 Å². The lowest BCUT2D eigenvalue weighted by Crippen LogP contribution is -2.29. The molecule has 0 radical (unpaired) electrons. The molecule has 0 aliphatic heterocycles. The van der Waals surface area contributed by atoms with E-state index in [1.807, 2.05) is 6.07 Å². The standard InChI is InChI=1S/C38H49ClN4O5S/c1-4-5-6-7-8-9-10-11-12-13-14-20-27-48-34-28-30(49(46,47)42(2)3)25-26-33(34)41-37(44)35(39)36-40-32-24-19-18-23-31(32)38(45)43(36)29-21-16-15-17-22-29/h15-19,21-26,28,35H,4-14,20,27H2,1-3H3,(H,41,44). The Kier molecular flexibility index (Phi) is 14.7. The number of rotatable bonds is 20. The second-order valence-corrected chi connectivity index (χ2v) is 15.1. The van der Waals surface area contributed by atoms with E-state index in [4.69, 9.17) is 16.3 Å². The minimum absolute atomic E-state index is 0.0386. The number of fused-ring (bicyclic) bond motifs is 1. The third kappa shape index (κ3) is 10.4. The molecule has 4 rings (SSSR count). The topological polar surface area (TPSA) is 111 Å². The number of ether oxygens (including phenoxy) is 1. The van der Waals surface area contributed by atoms with E-state index in [0.29, 0.717) is 23.2 Å². The number of benzene rings is 3. The molecule has 0 saturated carbocycles. The van der Waals surface area contributed by atoms with Gasteiger partial charge in [0.15, 0.2) is 5.38 Å². The second kappa shape index (κ2) is 18.9. The zero-order valence-corrected chi connectivity index (χ0v) is 30.4. The monoisotopic (exact) mass is 708 g/mol. The summed E-state index contributed by atoms with van der Waals surface area (Å²) in [5.41, 5.74) is 0.846. The lowest BCUT2D eigenvalue weighted by Gasteiger charge is -2.19. The molecule has 0 fully saturated rings. The van der Waals surface area contributed by atoms with Crippen LogP contribution in [0.25, 0.3) is 16.6 Å². The maximum atomic E-state index is 13.7. The maximum Gasteiger partial charge on any atom is 0.266 e. The Morgan fingerprint density at radius 2 is 1.45 bits per heavy atom. The minimum Gasteiger partial charge on any atom is -0.491 e. The highest BCUT2D eigenvalue weighted by atomic mass is 35.5. The highest BCUT2D eigenvalue weighted by molar-refractivity contribution is 7.89. The molecule has 11 heteroatoms. The number of hydrogen-bond acceptors (Lipinski definition) is 6. The van der Waals surface area contributed by atoms with Crippen LogP contribution in [-0.2, 0) is 14.8 Å². The molecule has 1 unspecified atom stereocenters. The van der Waals surface area contributed by atoms with E-state index < -0.39 is 21.3 Å². The quantitative estimate of drug-likeness (QED) is 0.0727. The van der Waals surface area contributed by atoms with E-state index in [0.717, 1.165) is 23.6 Å². The van der Waals surface area contributed by atoms with E-state index in [-0.39, 0.29) is 27.7 Å². The number of anilines is 1. The van der Waals surface area contributed by atoms with Gasteiger partial charge in [0.2, 0.25) is 15.9 Å². The Morgan fingerprint density at radius 3 is 2.08 bits per heavy atom. The smallest absolute Gasteiger partial charge is 0.266 e. The third-order valence-electron chi connectivity index (χ3n) is 8.52. The molecule has 49 heavy (non-hydrogen) atoms. The molecule has 1 aromatic heterocycles. The van der Waals surface area contributed by atoms with Crippen molar-refractivity contribution in [2.45, 2.75) is 94.2 Å². The number of hydrogen-bond donors (Lipinski definition) is 1. The molecule has 1 N–H and O–H groups in total. The predicted octanol–water partition coefficient (Wildman–Crippen LogP) is 8.63. The van der Waals surface area contributed by atoms with Crippen molar-refractivity contribution in [1.29, 1.82) is 0 Å². The summed E-state index contributed by atoms with van der Waals surface area (Å²) in [5, 5.41) is 1.83. The summed E-state index contributed by atoms with van der Waals surface area (Å²) >= 11 is 6.79. The highest BCUT2D eigenvalue weighted by Crippen LogP contribution is 2.32. The molecule has 0 bridgehead atoms. The highest BCUT2D eigenvalue weighted by Gasteiger charge is 2.27. The summed E-state index contributed by atoms with van der Waals surface area (Å²) in [5.74, 6) is -0.373. The molecule has 1 amide bonds.